The molecule has 0 spiro atoms. The normalized spacial score (nSPS) is 19.9. The molecule has 0 aromatic heterocycles. The molecule has 0 aromatic rings. The van der Waals surface area contributed by atoms with Gasteiger partial charge in [0, 0.05) is 6.04 Å². The molecule has 0 unspecified atom stereocenters. The van der Waals surface area contributed by atoms with Gasteiger partial charge in [-0.1, -0.05) is 12.8 Å². The van der Waals surface area contributed by atoms with Gasteiger partial charge >= 0.3 is 0 Å². The molecular weight excluding hydrogens is 186 g/mol. The number of rotatable bonds is 4. The molecule has 13 heavy (non-hydrogen) atoms. The highest BCUT2D eigenvalue weighted by molar-refractivity contribution is 7.89. The van der Waals surface area contributed by atoms with Gasteiger partial charge in [-0.3, -0.25) is 0 Å². The summed E-state index contributed by atoms with van der Waals surface area (Å²) in [7, 11) is -3.01. The third kappa shape index (κ3) is 4.09. The van der Waals surface area contributed by atoms with Crippen LogP contribution in [0.2, 0.25) is 0 Å². The second-order valence-electron chi connectivity index (χ2n) is 4.20. The highest BCUT2D eigenvalue weighted by Gasteiger charge is 2.22. The van der Waals surface area contributed by atoms with Crippen LogP contribution in [-0.4, -0.2) is 20.2 Å². The van der Waals surface area contributed by atoms with Gasteiger partial charge in [-0.15, -0.1) is 0 Å². The Hall–Kier alpha value is -0.0900. The average Bonchev–Trinajstić information content (AvgIpc) is 2.34. The molecule has 0 radical (unpaired) electrons. The molecule has 0 heterocycles. The van der Waals surface area contributed by atoms with Crippen molar-refractivity contribution < 1.29 is 8.42 Å². The Morgan fingerprint density at radius 2 is 1.85 bits per heavy atom. The zero-order chi connectivity index (χ0) is 9.90. The van der Waals surface area contributed by atoms with Crippen molar-refractivity contribution in [3.63, 3.8) is 0 Å². The SMILES string of the molecule is CC(C)NS(=O)(=O)CC1CCCC1. The first kappa shape index (κ1) is 11.0. The zero-order valence-corrected chi connectivity index (χ0v) is 9.23. The molecule has 0 amide bonds. The van der Waals surface area contributed by atoms with Crippen molar-refractivity contribution in [2.45, 2.75) is 45.6 Å². The first-order valence-corrected chi connectivity index (χ1v) is 6.65. The fourth-order valence-corrected chi connectivity index (χ4v) is 3.66. The zero-order valence-electron chi connectivity index (χ0n) is 8.41. The van der Waals surface area contributed by atoms with Crippen molar-refractivity contribution in [3.05, 3.63) is 0 Å². The summed E-state index contributed by atoms with van der Waals surface area (Å²) in [5.74, 6) is 0.724. The third-order valence-corrected chi connectivity index (χ3v) is 4.09. The quantitative estimate of drug-likeness (QED) is 0.756. The Morgan fingerprint density at radius 3 is 2.31 bits per heavy atom. The first-order valence-electron chi connectivity index (χ1n) is 4.99. The highest BCUT2D eigenvalue weighted by atomic mass is 32.2. The van der Waals surface area contributed by atoms with Gasteiger partial charge < -0.3 is 0 Å². The van der Waals surface area contributed by atoms with Gasteiger partial charge in [0.25, 0.3) is 0 Å². The fraction of sp³-hybridized carbons (Fsp3) is 1.00. The van der Waals surface area contributed by atoms with E-state index in [1.165, 1.54) is 12.8 Å². The van der Waals surface area contributed by atoms with E-state index in [2.05, 4.69) is 4.72 Å². The topological polar surface area (TPSA) is 46.2 Å². The molecule has 0 saturated heterocycles. The smallest absolute Gasteiger partial charge is 0.212 e. The monoisotopic (exact) mass is 205 g/mol. The Bertz CT molecular complexity index is 240. The van der Waals surface area contributed by atoms with E-state index >= 15 is 0 Å². The molecule has 1 aliphatic carbocycles. The van der Waals surface area contributed by atoms with Crippen molar-refractivity contribution in [1.82, 2.24) is 4.72 Å². The first-order chi connectivity index (χ1) is 5.99. The lowest BCUT2D eigenvalue weighted by atomic mass is 10.1. The van der Waals surface area contributed by atoms with Crippen molar-refractivity contribution in [2.24, 2.45) is 5.92 Å². The maximum Gasteiger partial charge on any atom is 0.212 e. The van der Waals surface area contributed by atoms with Crippen LogP contribution in [-0.2, 0) is 10.0 Å². The van der Waals surface area contributed by atoms with Gasteiger partial charge in [-0.25, -0.2) is 13.1 Å². The predicted octanol–water partition coefficient (Wildman–Crippen LogP) is 1.50. The van der Waals surface area contributed by atoms with E-state index in [9.17, 15) is 8.42 Å². The number of nitrogens with one attached hydrogen (secondary N) is 1. The summed E-state index contributed by atoms with van der Waals surface area (Å²) in [6.45, 7) is 3.71. The number of sulfonamides is 1. The van der Waals surface area contributed by atoms with E-state index < -0.39 is 10.0 Å². The molecule has 0 bridgehead atoms. The minimum Gasteiger partial charge on any atom is -0.213 e. The lowest BCUT2D eigenvalue weighted by Gasteiger charge is -2.12. The lowest BCUT2D eigenvalue weighted by Crippen LogP contribution is -2.34. The standard InChI is InChI=1S/C9H19NO2S/c1-8(2)10-13(11,12)7-9-5-3-4-6-9/h8-10H,3-7H2,1-2H3. The van der Waals surface area contributed by atoms with Crippen LogP contribution in [0.4, 0.5) is 0 Å². The Morgan fingerprint density at radius 1 is 1.31 bits per heavy atom. The van der Waals surface area contributed by atoms with Crippen LogP contribution in [0.15, 0.2) is 0 Å². The summed E-state index contributed by atoms with van der Waals surface area (Å²) in [5.41, 5.74) is 0. The molecule has 1 N–H and O–H groups in total. The minimum absolute atomic E-state index is 0.0198. The van der Waals surface area contributed by atoms with Crippen molar-refractivity contribution in [1.29, 1.82) is 0 Å². The molecule has 0 atom stereocenters. The molecule has 1 rings (SSSR count). The molecule has 0 aromatic carbocycles. The van der Waals surface area contributed by atoms with Crippen molar-refractivity contribution in [3.8, 4) is 0 Å². The van der Waals surface area contributed by atoms with Crippen LogP contribution in [0.1, 0.15) is 39.5 Å². The van der Waals surface area contributed by atoms with Gasteiger partial charge in [0.05, 0.1) is 5.75 Å². The molecule has 78 valence electrons. The van der Waals surface area contributed by atoms with Gasteiger partial charge in [0.15, 0.2) is 0 Å². The molecule has 0 aliphatic heterocycles. The summed E-state index contributed by atoms with van der Waals surface area (Å²) < 4.78 is 25.6. The van der Waals surface area contributed by atoms with Gasteiger partial charge in [-0.2, -0.15) is 0 Å². The van der Waals surface area contributed by atoms with E-state index in [4.69, 9.17) is 0 Å². The van der Waals surface area contributed by atoms with E-state index in [0.717, 1.165) is 12.8 Å². The van der Waals surface area contributed by atoms with Gasteiger partial charge in [0.1, 0.15) is 0 Å². The minimum atomic E-state index is -3.01. The molecule has 1 saturated carbocycles. The second kappa shape index (κ2) is 4.42. The number of hydrogen-bond donors (Lipinski definition) is 1. The van der Waals surface area contributed by atoms with Crippen LogP contribution < -0.4 is 4.72 Å². The molecule has 1 fully saturated rings. The average molecular weight is 205 g/mol. The van der Waals surface area contributed by atoms with Crippen LogP contribution in [0, 0.1) is 5.92 Å². The van der Waals surface area contributed by atoms with Crippen molar-refractivity contribution in [2.75, 3.05) is 5.75 Å². The number of hydrogen-bond acceptors (Lipinski definition) is 2. The summed E-state index contributed by atoms with van der Waals surface area (Å²) in [6, 6.07) is 0.0198. The maximum absolute atomic E-state index is 11.5. The predicted molar refractivity (Wildman–Crippen MR) is 54.0 cm³/mol. The third-order valence-electron chi connectivity index (χ3n) is 2.35. The van der Waals surface area contributed by atoms with Crippen LogP contribution in [0.5, 0.6) is 0 Å². The highest BCUT2D eigenvalue weighted by Crippen LogP contribution is 2.25. The lowest BCUT2D eigenvalue weighted by molar-refractivity contribution is 0.539. The van der Waals surface area contributed by atoms with Crippen molar-refractivity contribution >= 4 is 10.0 Å². The van der Waals surface area contributed by atoms with Crippen LogP contribution in [0.25, 0.3) is 0 Å². The summed E-state index contributed by atoms with van der Waals surface area (Å²) in [6.07, 6.45) is 4.56. The molecule has 4 heteroatoms. The maximum atomic E-state index is 11.5. The summed E-state index contributed by atoms with van der Waals surface area (Å²) >= 11 is 0. The summed E-state index contributed by atoms with van der Waals surface area (Å²) in [5, 5.41) is 0. The Labute approximate surface area is 81.0 Å². The Balaban J connectivity index is 2.41. The van der Waals surface area contributed by atoms with E-state index in [-0.39, 0.29) is 6.04 Å². The van der Waals surface area contributed by atoms with E-state index in [1.807, 2.05) is 13.8 Å². The van der Waals surface area contributed by atoms with E-state index in [0.29, 0.717) is 11.7 Å². The fourth-order valence-electron chi connectivity index (χ4n) is 1.89. The van der Waals surface area contributed by atoms with Crippen LogP contribution >= 0.6 is 0 Å². The second-order valence-corrected chi connectivity index (χ2v) is 6.00. The molecular formula is C9H19NO2S. The van der Waals surface area contributed by atoms with E-state index in [1.54, 1.807) is 0 Å². The summed E-state index contributed by atoms with van der Waals surface area (Å²) in [4.78, 5) is 0. The van der Waals surface area contributed by atoms with Crippen LogP contribution in [0.3, 0.4) is 0 Å². The molecule has 1 aliphatic rings. The van der Waals surface area contributed by atoms with Gasteiger partial charge in [0.2, 0.25) is 10.0 Å². The van der Waals surface area contributed by atoms with Gasteiger partial charge in [-0.05, 0) is 32.6 Å². The molecule has 3 nitrogen and oxygen atoms in total. The largest absolute Gasteiger partial charge is 0.213 e. The Kier molecular flexibility index (Phi) is 3.74.